The second-order valence-electron chi connectivity index (χ2n) is 5.35. The van der Waals surface area contributed by atoms with E-state index in [4.69, 9.17) is 14.6 Å². The van der Waals surface area contributed by atoms with Crippen LogP contribution in [-0.4, -0.2) is 63.0 Å². The molecule has 0 atom stereocenters. The lowest BCUT2D eigenvalue weighted by Gasteiger charge is -2.29. The molecule has 25 heavy (non-hydrogen) atoms. The number of morpholine rings is 1. The zero-order valence-corrected chi connectivity index (χ0v) is 13.9. The van der Waals surface area contributed by atoms with E-state index in [9.17, 15) is 14.4 Å². The Labute approximate surface area is 144 Å². The third kappa shape index (κ3) is 5.35. The SMILES string of the molecule is COC(=O)c1cc(N2CCOCC2)ccc1NC(=O)NCCC(=O)O. The van der Waals surface area contributed by atoms with Crippen LogP contribution >= 0.6 is 0 Å². The van der Waals surface area contributed by atoms with Gasteiger partial charge in [0.15, 0.2) is 0 Å². The van der Waals surface area contributed by atoms with Gasteiger partial charge < -0.3 is 30.1 Å². The Hall–Kier alpha value is -2.81. The number of amides is 2. The van der Waals surface area contributed by atoms with Gasteiger partial charge in [0.1, 0.15) is 0 Å². The van der Waals surface area contributed by atoms with Gasteiger partial charge >= 0.3 is 18.0 Å². The first-order valence-electron chi connectivity index (χ1n) is 7.83. The van der Waals surface area contributed by atoms with Crippen molar-refractivity contribution in [3.8, 4) is 0 Å². The van der Waals surface area contributed by atoms with Gasteiger partial charge in [0, 0.05) is 25.3 Å². The maximum Gasteiger partial charge on any atom is 0.340 e. The third-order valence-electron chi connectivity index (χ3n) is 3.66. The van der Waals surface area contributed by atoms with Crippen molar-refractivity contribution in [1.82, 2.24) is 5.32 Å². The first-order valence-corrected chi connectivity index (χ1v) is 7.83. The van der Waals surface area contributed by atoms with Crippen molar-refractivity contribution in [2.24, 2.45) is 0 Å². The van der Waals surface area contributed by atoms with E-state index >= 15 is 0 Å². The lowest BCUT2D eigenvalue weighted by atomic mass is 10.1. The second kappa shape index (κ2) is 8.88. The minimum atomic E-state index is -1.01. The molecule has 136 valence electrons. The number of aliphatic carboxylic acids is 1. The second-order valence-corrected chi connectivity index (χ2v) is 5.35. The van der Waals surface area contributed by atoms with Crippen LogP contribution in [0.3, 0.4) is 0 Å². The van der Waals surface area contributed by atoms with E-state index in [2.05, 4.69) is 15.5 Å². The largest absolute Gasteiger partial charge is 0.481 e. The Balaban J connectivity index is 2.11. The summed E-state index contributed by atoms with van der Waals surface area (Å²) in [4.78, 5) is 36.4. The summed E-state index contributed by atoms with van der Waals surface area (Å²) < 4.78 is 10.1. The summed E-state index contributed by atoms with van der Waals surface area (Å²) in [6.45, 7) is 2.63. The quantitative estimate of drug-likeness (QED) is 0.652. The summed E-state index contributed by atoms with van der Waals surface area (Å²) in [6.07, 6.45) is -0.187. The Morgan fingerprint density at radius 2 is 2.00 bits per heavy atom. The number of hydrogen-bond acceptors (Lipinski definition) is 6. The van der Waals surface area contributed by atoms with Crippen molar-refractivity contribution in [3.63, 3.8) is 0 Å². The molecule has 1 saturated heterocycles. The first-order chi connectivity index (χ1) is 12.0. The highest BCUT2D eigenvalue weighted by molar-refractivity contribution is 6.01. The molecule has 0 radical (unpaired) electrons. The summed E-state index contributed by atoms with van der Waals surface area (Å²) in [6, 6.07) is 4.48. The number of hydrogen-bond donors (Lipinski definition) is 3. The van der Waals surface area contributed by atoms with Gasteiger partial charge in [0.05, 0.1) is 38.0 Å². The fraction of sp³-hybridized carbons (Fsp3) is 0.438. The molecular weight excluding hydrogens is 330 g/mol. The first kappa shape index (κ1) is 18.5. The van der Waals surface area contributed by atoms with Crippen LogP contribution in [0.2, 0.25) is 0 Å². The molecule has 1 aromatic carbocycles. The fourth-order valence-corrected chi connectivity index (χ4v) is 2.39. The van der Waals surface area contributed by atoms with E-state index in [0.717, 1.165) is 5.69 Å². The van der Waals surface area contributed by atoms with Crippen molar-refractivity contribution in [1.29, 1.82) is 0 Å². The van der Waals surface area contributed by atoms with Gasteiger partial charge in [0.2, 0.25) is 0 Å². The Bertz CT molecular complexity index is 643. The number of ether oxygens (including phenoxy) is 2. The molecule has 9 nitrogen and oxygen atoms in total. The van der Waals surface area contributed by atoms with Gasteiger partial charge in [-0.05, 0) is 18.2 Å². The minimum Gasteiger partial charge on any atom is -0.481 e. The Kier molecular flexibility index (Phi) is 6.58. The van der Waals surface area contributed by atoms with Crippen LogP contribution in [0.4, 0.5) is 16.2 Å². The fourth-order valence-electron chi connectivity index (χ4n) is 2.39. The van der Waals surface area contributed by atoms with Crippen LogP contribution in [0.1, 0.15) is 16.8 Å². The predicted molar refractivity (Wildman–Crippen MR) is 90.1 cm³/mol. The molecule has 1 aromatic rings. The van der Waals surface area contributed by atoms with Crippen LogP contribution in [-0.2, 0) is 14.3 Å². The summed E-state index contributed by atoms with van der Waals surface area (Å²) in [7, 11) is 1.26. The molecule has 1 aliphatic heterocycles. The van der Waals surface area contributed by atoms with E-state index in [1.54, 1.807) is 18.2 Å². The average molecular weight is 351 g/mol. The topological polar surface area (TPSA) is 117 Å². The highest BCUT2D eigenvalue weighted by atomic mass is 16.5. The maximum absolute atomic E-state index is 12.0. The zero-order valence-electron chi connectivity index (χ0n) is 13.9. The van der Waals surface area contributed by atoms with E-state index in [1.807, 2.05) is 0 Å². The molecule has 3 N–H and O–H groups in total. The molecule has 0 spiro atoms. The molecule has 0 aliphatic carbocycles. The van der Waals surface area contributed by atoms with E-state index in [0.29, 0.717) is 26.3 Å². The molecule has 9 heteroatoms. The van der Waals surface area contributed by atoms with Crippen molar-refractivity contribution >= 4 is 29.3 Å². The average Bonchev–Trinajstić information content (AvgIpc) is 2.61. The highest BCUT2D eigenvalue weighted by Crippen LogP contribution is 2.25. The summed E-state index contributed by atoms with van der Waals surface area (Å²) in [5.74, 6) is -1.58. The maximum atomic E-state index is 12.0. The number of benzene rings is 1. The van der Waals surface area contributed by atoms with Gasteiger partial charge in [-0.2, -0.15) is 0 Å². The lowest BCUT2D eigenvalue weighted by molar-refractivity contribution is -0.136. The van der Waals surface area contributed by atoms with Crippen LogP contribution in [0.15, 0.2) is 18.2 Å². The van der Waals surface area contributed by atoms with Crippen LogP contribution < -0.4 is 15.5 Å². The number of carbonyl (C=O) groups is 3. The van der Waals surface area contributed by atoms with E-state index in [1.165, 1.54) is 7.11 Å². The lowest BCUT2D eigenvalue weighted by Crippen LogP contribution is -2.36. The molecule has 1 fully saturated rings. The standard InChI is InChI=1S/C16H21N3O6/c1-24-15(22)12-10-11(19-6-8-25-9-7-19)2-3-13(12)18-16(23)17-5-4-14(20)21/h2-3,10H,4-9H2,1H3,(H,20,21)(H2,17,18,23). The number of nitrogens with zero attached hydrogens (tertiary/aromatic N) is 1. The Morgan fingerprint density at radius 3 is 2.64 bits per heavy atom. The molecule has 0 aromatic heterocycles. The van der Waals surface area contributed by atoms with Gasteiger partial charge in [-0.3, -0.25) is 4.79 Å². The number of carboxylic acids is 1. The third-order valence-corrected chi connectivity index (χ3v) is 3.66. The van der Waals surface area contributed by atoms with Crippen molar-refractivity contribution in [3.05, 3.63) is 23.8 Å². The summed E-state index contributed by atoms with van der Waals surface area (Å²) in [5.41, 5.74) is 1.34. The van der Waals surface area contributed by atoms with Crippen molar-refractivity contribution < 1.29 is 29.0 Å². The number of carboxylic acid groups (broad SMARTS) is 1. The number of nitrogens with one attached hydrogen (secondary N) is 2. The molecule has 1 aliphatic rings. The van der Waals surface area contributed by atoms with Crippen LogP contribution in [0, 0.1) is 0 Å². The van der Waals surface area contributed by atoms with Crippen LogP contribution in [0.5, 0.6) is 0 Å². The molecular formula is C16H21N3O6. The van der Waals surface area contributed by atoms with Gasteiger partial charge in [-0.1, -0.05) is 0 Å². The number of urea groups is 1. The summed E-state index contributed by atoms with van der Waals surface area (Å²) in [5, 5.41) is 13.5. The predicted octanol–water partition coefficient (Wildman–Crippen LogP) is 0.906. The molecule has 0 bridgehead atoms. The molecule has 2 rings (SSSR count). The normalized spacial score (nSPS) is 13.9. The Morgan fingerprint density at radius 1 is 1.28 bits per heavy atom. The number of anilines is 2. The van der Waals surface area contributed by atoms with Crippen molar-refractivity contribution in [2.75, 3.05) is 50.2 Å². The van der Waals surface area contributed by atoms with E-state index < -0.39 is 18.0 Å². The van der Waals surface area contributed by atoms with Gasteiger partial charge in [-0.15, -0.1) is 0 Å². The molecule has 0 unspecified atom stereocenters. The van der Waals surface area contributed by atoms with Crippen molar-refractivity contribution in [2.45, 2.75) is 6.42 Å². The smallest absolute Gasteiger partial charge is 0.340 e. The van der Waals surface area contributed by atoms with Gasteiger partial charge in [-0.25, -0.2) is 9.59 Å². The number of methoxy groups -OCH3 is 1. The highest BCUT2D eigenvalue weighted by Gasteiger charge is 2.18. The molecule has 2 amide bonds. The number of rotatable bonds is 6. The summed E-state index contributed by atoms with van der Waals surface area (Å²) >= 11 is 0. The van der Waals surface area contributed by atoms with Crippen LogP contribution in [0.25, 0.3) is 0 Å². The zero-order chi connectivity index (χ0) is 18.2. The van der Waals surface area contributed by atoms with E-state index in [-0.39, 0.29) is 24.2 Å². The molecule has 1 heterocycles. The van der Waals surface area contributed by atoms with Gasteiger partial charge in [0.25, 0.3) is 0 Å². The number of carbonyl (C=O) groups excluding carboxylic acids is 2. The minimum absolute atomic E-state index is 0.0133. The number of esters is 1. The molecule has 0 saturated carbocycles. The monoisotopic (exact) mass is 351 g/mol.